The molecule has 2 unspecified atom stereocenters. The van der Waals surface area contributed by atoms with Gasteiger partial charge in [0, 0.05) is 28.2 Å². The van der Waals surface area contributed by atoms with Crippen LogP contribution in [0, 0.1) is 0 Å². The third-order valence-corrected chi connectivity index (χ3v) is 11.3. The molecule has 0 saturated carbocycles. The van der Waals surface area contributed by atoms with Crippen LogP contribution in [-0.4, -0.2) is 21.1 Å². The van der Waals surface area contributed by atoms with Crippen LogP contribution < -0.4 is 4.74 Å². The van der Waals surface area contributed by atoms with E-state index in [4.69, 9.17) is 19.7 Å². The van der Waals surface area contributed by atoms with Gasteiger partial charge in [0.25, 0.3) is 0 Å². The summed E-state index contributed by atoms with van der Waals surface area (Å²) in [6, 6.07) is 47.6. The number of fused-ring (bicyclic) bond motifs is 8. The number of benzene rings is 7. The van der Waals surface area contributed by atoms with E-state index >= 15 is 0 Å². The molecule has 0 saturated heterocycles. The van der Waals surface area contributed by atoms with Crippen LogP contribution in [0.1, 0.15) is 29.9 Å². The van der Waals surface area contributed by atoms with E-state index in [9.17, 15) is 0 Å². The number of nitrogens with zero attached hydrogens (tertiary/aromatic N) is 3. The normalized spacial score (nSPS) is 17.0. The fourth-order valence-electron chi connectivity index (χ4n) is 8.55. The van der Waals surface area contributed by atoms with Gasteiger partial charge in [0.05, 0.1) is 0 Å². The van der Waals surface area contributed by atoms with Crippen LogP contribution in [0.25, 0.3) is 83.2 Å². The lowest BCUT2D eigenvalue weighted by molar-refractivity contribution is 0.269. The van der Waals surface area contributed by atoms with Crippen molar-refractivity contribution < 1.29 is 4.74 Å². The molecule has 4 nitrogen and oxygen atoms in total. The van der Waals surface area contributed by atoms with Crippen molar-refractivity contribution in [3.8, 4) is 51.0 Å². The lowest BCUT2D eigenvalue weighted by Crippen LogP contribution is -2.16. The average Bonchev–Trinajstić information content (AvgIpc) is 3.65. The second-order valence-corrected chi connectivity index (χ2v) is 14.6. The summed E-state index contributed by atoms with van der Waals surface area (Å²) >= 11 is 0. The molecule has 2 aliphatic carbocycles. The Morgan fingerprint density at radius 1 is 0.491 bits per heavy atom. The summed E-state index contributed by atoms with van der Waals surface area (Å²) in [7, 11) is 0. The van der Waals surface area contributed by atoms with E-state index in [1.54, 1.807) is 0 Å². The molecule has 1 aromatic heterocycles. The molecule has 55 heavy (non-hydrogen) atoms. The van der Waals surface area contributed by atoms with E-state index in [1.807, 2.05) is 6.07 Å². The Kier molecular flexibility index (Phi) is 7.41. The predicted octanol–water partition coefficient (Wildman–Crippen LogP) is 12.7. The predicted molar refractivity (Wildman–Crippen MR) is 226 cm³/mol. The minimum atomic E-state index is -0.0621. The summed E-state index contributed by atoms with van der Waals surface area (Å²) in [4.78, 5) is 15.8. The van der Waals surface area contributed by atoms with Crippen LogP contribution in [0.5, 0.6) is 5.75 Å². The molecule has 0 spiro atoms. The summed E-state index contributed by atoms with van der Waals surface area (Å²) in [5, 5.41) is 7.36. The molecular weight excluding hydrogens is 671 g/mol. The van der Waals surface area contributed by atoms with Crippen molar-refractivity contribution in [2.45, 2.75) is 24.9 Å². The standard InChI is InChI=1S/C51H35N3O/c1-3-11-32(12-4-1)34-19-21-36(22-20-34)49-52-50(38-25-26-41-37(29-38)24-28-42-40-16-8-7-15-35(40)23-27-43(41)42)54-51(53-49)45-30-39(33-13-5-2-6-14-33)31-47-48(45)44-17-9-10-18-46(44)55-47/h1-5,7-13,15-31,44,46H,6,14H2. The zero-order chi connectivity index (χ0) is 36.3. The minimum Gasteiger partial charge on any atom is -0.485 e. The molecule has 4 heteroatoms. The third kappa shape index (κ3) is 5.49. The number of allylic oxidation sites excluding steroid dienone is 6. The molecule has 11 rings (SSSR count). The van der Waals surface area contributed by atoms with Crippen molar-refractivity contribution >= 4 is 37.9 Å². The van der Waals surface area contributed by atoms with Gasteiger partial charge in [-0.15, -0.1) is 0 Å². The number of aromatic nitrogens is 3. The van der Waals surface area contributed by atoms with Crippen molar-refractivity contribution in [2.75, 3.05) is 0 Å². The van der Waals surface area contributed by atoms with Crippen molar-refractivity contribution in [1.82, 2.24) is 15.0 Å². The monoisotopic (exact) mass is 705 g/mol. The molecule has 8 aromatic rings. The molecule has 1 aliphatic heterocycles. The summed E-state index contributed by atoms with van der Waals surface area (Å²) < 4.78 is 6.65. The highest BCUT2D eigenvalue weighted by Crippen LogP contribution is 2.48. The van der Waals surface area contributed by atoms with Crippen LogP contribution in [0.3, 0.4) is 0 Å². The fraction of sp³-hybridized carbons (Fsp3) is 0.0784. The van der Waals surface area contributed by atoms with Gasteiger partial charge in [-0.05, 0) is 91.7 Å². The van der Waals surface area contributed by atoms with Gasteiger partial charge in [0.15, 0.2) is 17.5 Å². The van der Waals surface area contributed by atoms with Gasteiger partial charge in [-0.1, -0.05) is 152 Å². The number of rotatable bonds is 5. The van der Waals surface area contributed by atoms with Crippen LogP contribution in [-0.2, 0) is 0 Å². The quantitative estimate of drug-likeness (QED) is 0.167. The summed E-state index contributed by atoms with van der Waals surface area (Å²) in [6.45, 7) is 0. The molecule has 0 amide bonds. The summed E-state index contributed by atoms with van der Waals surface area (Å²) in [5.41, 5.74) is 8.75. The number of hydrogen-bond acceptors (Lipinski definition) is 4. The second-order valence-electron chi connectivity index (χ2n) is 14.6. The van der Waals surface area contributed by atoms with E-state index in [0.717, 1.165) is 57.4 Å². The lowest BCUT2D eigenvalue weighted by atomic mass is 9.86. The van der Waals surface area contributed by atoms with E-state index in [2.05, 4.69) is 170 Å². The molecule has 2 atom stereocenters. The van der Waals surface area contributed by atoms with Gasteiger partial charge in [-0.3, -0.25) is 0 Å². The molecule has 0 bridgehead atoms. The molecular formula is C51H35N3O. The molecule has 3 aliphatic rings. The Morgan fingerprint density at radius 2 is 1.16 bits per heavy atom. The average molecular weight is 706 g/mol. The Bertz CT molecular complexity index is 2960. The molecule has 260 valence electrons. The smallest absolute Gasteiger partial charge is 0.164 e. The fourth-order valence-corrected chi connectivity index (χ4v) is 8.55. The highest BCUT2D eigenvalue weighted by atomic mass is 16.5. The minimum absolute atomic E-state index is 0.0621. The number of ether oxygens (including phenoxy) is 1. The van der Waals surface area contributed by atoms with Gasteiger partial charge >= 0.3 is 0 Å². The van der Waals surface area contributed by atoms with Crippen LogP contribution in [0.15, 0.2) is 176 Å². The first-order chi connectivity index (χ1) is 27.2. The van der Waals surface area contributed by atoms with E-state index < -0.39 is 0 Å². The largest absolute Gasteiger partial charge is 0.485 e. The van der Waals surface area contributed by atoms with Crippen LogP contribution in [0.4, 0.5) is 0 Å². The number of hydrogen-bond donors (Lipinski definition) is 0. The van der Waals surface area contributed by atoms with E-state index in [0.29, 0.717) is 17.5 Å². The van der Waals surface area contributed by atoms with Gasteiger partial charge in [-0.25, -0.2) is 15.0 Å². The maximum Gasteiger partial charge on any atom is 0.164 e. The maximum absolute atomic E-state index is 6.65. The SMILES string of the molecule is C1=CCCC(c2cc3c(c(-c4nc(-c5ccc(-c6ccccc6)cc5)nc(-c5ccc6c(ccc7c8ccccc8ccc67)c5)n4)c2)C2C=CC=CC2O3)=C1. The molecule has 0 N–H and O–H groups in total. The summed E-state index contributed by atoms with van der Waals surface area (Å²) in [6.07, 6.45) is 17.1. The molecule has 7 aromatic carbocycles. The molecule has 0 fully saturated rings. The first-order valence-corrected chi connectivity index (χ1v) is 19.1. The first-order valence-electron chi connectivity index (χ1n) is 19.1. The molecule has 0 radical (unpaired) electrons. The zero-order valence-corrected chi connectivity index (χ0v) is 30.1. The first kappa shape index (κ1) is 31.6. The zero-order valence-electron chi connectivity index (χ0n) is 30.1. The Hall–Kier alpha value is -6.91. The Balaban J connectivity index is 1.11. The van der Waals surface area contributed by atoms with Crippen molar-refractivity contribution in [3.63, 3.8) is 0 Å². The maximum atomic E-state index is 6.65. The highest BCUT2D eigenvalue weighted by Gasteiger charge is 2.36. The van der Waals surface area contributed by atoms with Crippen molar-refractivity contribution in [3.05, 3.63) is 187 Å². The second kappa shape index (κ2) is 12.9. The lowest BCUT2D eigenvalue weighted by Gasteiger charge is -2.17. The van der Waals surface area contributed by atoms with Crippen molar-refractivity contribution in [1.29, 1.82) is 0 Å². The topological polar surface area (TPSA) is 47.9 Å². The van der Waals surface area contributed by atoms with Crippen LogP contribution in [0.2, 0.25) is 0 Å². The van der Waals surface area contributed by atoms with E-state index in [1.165, 1.54) is 38.1 Å². The van der Waals surface area contributed by atoms with E-state index in [-0.39, 0.29) is 12.0 Å². The van der Waals surface area contributed by atoms with Gasteiger partial charge in [-0.2, -0.15) is 0 Å². The molecule has 2 heterocycles. The Morgan fingerprint density at radius 3 is 2.00 bits per heavy atom. The summed E-state index contributed by atoms with van der Waals surface area (Å²) in [5.74, 6) is 2.90. The van der Waals surface area contributed by atoms with Gasteiger partial charge < -0.3 is 4.74 Å². The highest BCUT2D eigenvalue weighted by molar-refractivity contribution is 6.17. The third-order valence-electron chi connectivity index (χ3n) is 11.3. The van der Waals surface area contributed by atoms with Gasteiger partial charge in [0.1, 0.15) is 11.9 Å². The van der Waals surface area contributed by atoms with Gasteiger partial charge in [0.2, 0.25) is 0 Å². The van der Waals surface area contributed by atoms with Crippen molar-refractivity contribution in [2.24, 2.45) is 0 Å². The van der Waals surface area contributed by atoms with Crippen LogP contribution >= 0.6 is 0 Å². The Labute approximate surface area is 319 Å².